The van der Waals surface area contributed by atoms with Gasteiger partial charge in [-0.2, -0.15) is 0 Å². The lowest BCUT2D eigenvalue weighted by atomic mass is 10.1. The van der Waals surface area contributed by atoms with Gasteiger partial charge in [0, 0.05) is 17.4 Å². The number of nitrogens with zero attached hydrogens (tertiary/aromatic N) is 3. The summed E-state index contributed by atoms with van der Waals surface area (Å²) in [6.45, 7) is 1.72. The van der Waals surface area contributed by atoms with Crippen molar-refractivity contribution in [3.05, 3.63) is 72.9 Å². The Bertz CT molecular complexity index is 1210. The van der Waals surface area contributed by atoms with Crippen LogP contribution in [0.15, 0.2) is 67.1 Å². The van der Waals surface area contributed by atoms with Crippen molar-refractivity contribution in [2.75, 3.05) is 5.32 Å². The van der Waals surface area contributed by atoms with Crippen LogP contribution in [0.25, 0.3) is 22.2 Å². The highest BCUT2D eigenvalue weighted by atomic mass is 19.1. The molecule has 1 aliphatic heterocycles. The molecule has 5 rings (SSSR count). The summed E-state index contributed by atoms with van der Waals surface area (Å²) >= 11 is 0. The maximum absolute atomic E-state index is 13.3. The second-order valence-electron chi connectivity index (χ2n) is 7.58. The predicted octanol–water partition coefficient (Wildman–Crippen LogP) is 3.62. The number of anilines is 2. The maximum atomic E-state index is 13.3. The van der Waals surface area contributed by atoms with Crippen molar-refractivity contribution < 1.29 is 19.3 Å². The average molecular weight is 420 g/mol. The zero-order valence-corrected chi connectivity index (χ0v) is 16.7. The zero-order valence-electron chi connectivity index (χ0n) is 16.7. The second-order valence-corrected chi connectivity index (χ2v) is 7.58. The molecule has 3 N–H and O–H groups in total. The van der Waals surface area contributed by atoms with Gasteiger partial charge < -0.3 is 24.8 Å². The van der Waals surface area contributed by atoms with E-state index in [0.29, 0.717) is 17.2 Å². The first-order chi connectivity index (χ1) is 15.0. The van der Waals surface area contributed by atoms with E-state index in [1.807, 2.05) is 36.5 Å². The summed E-state index contributed by atoms with van der Waals surface area (Å²) in [7, 11) is 0. The van der Waals surface area contributed by atoms with E-state index in [9.17, 15) is 14.6 Å². The molecule has 4 aromatic rings. The van der Waals surface area contributed by atoms with E-state index in [-0.39, 0.29) is 5.82 Å². The minimum atomic E-state index is -1.10. The zero-order chi connectivity index (χ0) is 21.5. The van der Waals surface area contributed by atoms with E-state index < -0.39 is 24.5 Å². The van der Waals surface area contributed by atoms with Crippen molar-refractivity contribution in [2.24, 2.45) is 0 Å². The summed E-state index contributed by atoms with van der Waals surface area (Å²) in [6, 6.07) is 15.7. The van der Waals surface area contributed by atoms with Crippen molar-refractivity contribution in [1.82, 2.24) is 14.5 Å². The third-order valence-corrected chi connectivity index (χ3v) is 5.55. The van der Waals surface area contributed by atoms with E-state index in [4.69, 9.17) is 4.74 Å². The van der Waals surface area contributed by atoms with Crippen LogP contribution in [0.1, 0.15) is 13.2 Å². The first kappa shape index (κ1) is 19.6. The van der Waals surface area contributed by atoms with Gasteiger partial charge in [0.25, 0.3) is 0 Å². The fourth-order valence-corrected chi connectivity index (χ4v) is 3.94. The van der Waals surface area contributed by atoms with Gasteiger partial charge in [0.1, 0.15) is 35.8 Å². The van der Waals surface area contributed by atoms with E-state index in [1.165, 1.54) is 18.5 Å². The van der Waals surface area contributed by atoms with Crippen molar-refractivity contribution in [1.29, 1.82) is 0 Å². The molecule has 3 heterocycles. The van der Waals surface area contributed by atoms with Crippen LogP contribution in [-0.2, 0) is 4.74 Å². The standard InChI is InChI=1S/C23H21FN4O3/c1-13-19(29)20(30)23(31-13)28-11-17(14-5-3-2-4-6-14)18-21(25-12-26-22(18)28)27-16-9-7-15(24)8-10-16/h2-13,19-20,23,29-30H,1H3,(H,25,26,27)/t13-,19+,20+,23+/m0/s1. The SMILES string of the molecule is C[C@@H]1O[C@@H](n2cc(-c3ccccc3)c3c(Nc4ccc(F)cc4)ncnc32)[C@H](O)[C@@H]1O. The first-order valence-electron chi connectivity index (χ1n) is 9.98. The Morgan fingerprint density at radius 1 is 1.00 bits per heavy atom. The maximum Gasteiger partial charge on any atom is 0.164 e. The molecule has 0 bridgehead atoms. The molecule has 0 amide bonds. The Hall–Kier alpha value is -3.33. The quantitative estimate of drug-likeness (QED) is 0.467. The van der Waals surface area contributed by atoms with E-state index in [0.717, 1.165) is 16.5 Å². The highest BCUT2D eigenvalue weighted by Gasteiger charge is 2.42. The molecule has 0 spiro atoms. The van der Waals surface area contributed by atoms with Gasteiger partial charge in [0.15, 0.2) is 6.23 Å². The van der Waals surface area contributed by atoms with Crippen LogP contribution in [0.3, 0.4) is 0 Å². The Balaban J connectivity index is 1.69. The van der Waals surface area contributed by atoms with E-state index in [2.05, 4.69) is 15.3 Å². The summed E-state index contributed by atoms with van der Waals surface area (Å²) < 4.78 is 20.9. The molecule has 1 aliphatic rings. The van der Waals surface area contributed by atoms with E-state index in [1.54, 1.807) is 23.6 Å². The van der Waals surface area contributed by atoms with Gasteiger partial charge >= 0.3 is 0 Å². The molecule has 0 saturated carbocycles. The normalized spacial score (nSPS) is 23.4. The van der Waals surface area contributed by atoms with Gasteiger partial charge in [-0.3, -0.25) is 0 Å². The summed E-state index contributed by atoms with van der Waals surface area (Å²) in [5.74, 6) is 0.213. The third kappa shape index (κ3) is 3.44. The van der Waals surface area contributed by atoms with Crippen LogP contribution in [0.2, 0.25) is 0 Å². The summed E-state index contributed by atoms with van der Waals surface area (Å²) in [5, 5.41) is 24.7. The number of halogens is 1. The van der Waals surface area contributed by atoms with Crippen LogP contribution in [-0.4, -0.2) is 43.1 Å². The van der Waals surface area contributed by atoms with Gasteiger partial charge in [-0.15, -0.1) is 0 Å². The molecule has 0 aliphatic carbocycles. The lowest BCUT2D eigenvalue weighted by Gasteiger charge is -2.17. The second kappa shape index (κ2) is 7.73. The largest absolute Gasteiger partial charge is 0.388 e. The lowest BCUT2D eigenvalue weighted by Crippen LogP contribution is -2.30. The molecular weight excluding hydrogens is 399 g/mol. The van der Waals surface area contributed by atoms with Crippen LogP contribution in [0.5, 0.6) is 0 Å². The predicted molar refractivity (Wildman–Crippen MR) is 114 cm³/mol. The van der Waals surface area contributed by atoms with E-state index >= 15 is 0 Å². The number of hydrogen-bond donors (Lipinski definition) is 3. The average Bonchev–Trinajstić information content (AvgIpc) is 3.30. The van der Waals surface area contributed by atoms with Crippen LogP contribution < -0.4 is 5.32 Å². The Kier molecular flexibility index (Phi) is 4.90. The van der Waals surface area contributed by atoms with Gasteiger partial charge in [0.05, 0.1) is 11.5 Å². The molecule has 0 unspecified atom stereocenters. The van der Waals surface area contributed by atoms with Crippen molar-refractivity contribution in [3.8, 4) is 11.1 Å². The monoisotopic (exact) mass is 420 g/mol. The van der Waals surface area contributed by atoms with Gasteiger partial charge in [-0.1, -0.05) is 30.3 Å². The lowest BCUT2D eigenvalue weighted by molar-refractivity contribution is -0.0295. The molecule has 1 saturated heterocycles. The number of hydrogen-bond acceptors (Lipinski definition) is 6. The number of benzene rings is 2. The molecule has 4 atom stereocenters. The summed E-state index contributed by atoms with van der Waals surface area (Å²) in [5.41, 5.74) is 2.99. The Morgan fingerprint density at radius 3 is 2.42 bits per heavy atom. The van der Waals surface area contributed by atoms with Crippen LogP contribution >= 0.6 is 0 Å². The number of rotatable bonds is 4. The first-order valence-corrected chi connectivity index (χ1v) is 9.98. The fraction of sp³-hybridized carbons (Fsp3) is 0.217. The van der Waals surface area contributed by atoms with Crippen LogP contribution in [0.4, 0.5) is 15.9 Å². The Morgan fingerprint density at radius 2 is 1.74 bits per heavy atom. The number of aliphatic hydroxyl groups is 2. The number of ether oxygens (including phenoxy) is 1. The molecule has 8 heteroatoms. The van der Waals surface area contributed by atoms with Gasteiger partial charge in [-0.05, 0) is 36.8 Å². The molecular formula is C23H21FN4O3. The van der Waals surface area contributed by atoms with Crippen molar-refractivity contribution >= 4 is 22.5 Å². The number of aliphatic hydroxyl groups excluding tert-OH is 2. The number of fused-ring (bicyclic) bond motifs is 1. The van der Waals surface area contributed by atoms with Crippen molar-refractivity contribution in [3.63, 3.8) is 0 Å². The highest BCUT2D eigenvalue weighted by molar-refractivity contribution is 6.02. The van der Waals surface area contributed by atoms with Gasteiger partial charge in [-0.25, -0.2) is 14.4 Å². The third-order valence-electron chi connectivity index (χ3n) is 5.55. The minimum absolute atomic E-state index is 0.324. The number of aromatic nitrogens is 3. The molecule has 2 aromatic carbocycles. The summed E-state index contributed by atoms with van der Waals surface area (Å²) in [6.07, 6.45) is -0.141. The molecule has 1 fully saturated rings. The molecule has 0 radical (unpaired) electrons. The molecule has 7 nitrogen and oxygen atoms in total. The molecule has 2 aromatic heterocycles. The summed E-state index contributed by atoms with van der Waals surface area (Å²) in [4.78, 5) is 8.87. The molecule has 31 heavy (non-hydrogen) atoms. The highest BCUT2D eigenvalue weighted by Crippen LogP contribution is 2.39. The van der Waals surface area contributed by atoms with Gasteiger partial charge in [0.2, 0.25) is 0 Å². The fourth-order valence-electron chi connectivity index (χ4n) is 3.94. The van der Waals surface area contributed by atoms with Crippen LogP contribution in [0, 0.1) is 5.82 Å². The topological polar surface area (TPSA) is 92.4 Å². The smallest absolute Gasteiger partial charge is 0.164 e. The van der Waals surface area contributed by atoms with Crippen molar-refractivity contribution in [2.45, 2.75) is 31.5 Å². The minimum Gasteiger partial charge on any atom is -0.388 e. The number of nitrogens with one attached hydrogen (secondary N) is 1. The molecule has 158 valence electrons. The Labute approximate surface area is 177 Å².